The van der Waals surface area contributed by atoms with E-state index in [0.717, 1.165) is 0 Å². The molecule has 1 aromatic carbocycles. The molecule has 1 aliphatic heterocycles. The van der Waals surface area contributed by atoms with Crippen LogP contribution in [0, 0.1) is 0 Å². The van der Waals surface area contributed by atoms with Crippen LogP contribution in [-0.4, -0.2) is 58.5 Å². The number of methoxy groups -OCH3 is 1. The first-order chi connectivity index (χ1) is 12.1. The summed E-state index contributed by atoms with van der Waals surface area (Å²) in [7, 11) is -0.407. The van der Waals surface area contributed by atoms with Crippen molar-refractivity contribution >= 4 is 8.32 Å². The van der Waals surface area contributed by atoms with Crippen LogP contribution in [0.1, 0.15) is 20.8 Å². The summed E-state index contributed by atoms with van der Waals surface area (Å²) in [6.45, 7) is 11.2. The maximum absolute atomic E-state index is 10.5. The molecule has 2 rings (SSSR count). The maximum Gasteiger partial charge on any atom is 0.251 e. The minimum Gasteiger partial charge on any atom is -0.459 e. The van der Waals surface area contributed by atoms with Crippen LogP contribution < -0.4 is 4.74 Å². The van der Waals surface area contributed by atoms with E-state index < -0.39 is 33.1 Å². The van der Waals surface area contributed by atoms with Crippen molar-refractivity contribution in [3.63, 3.8) is 0 Å². The summed E-state index contributed by atoms with van der Waals surface area (Å²) in [6.07, 6.45) is -2.76. The lowest BCUT2D eigenvalue weighted by atomic mass is 10.2. The van der Waals surface area contributed by atoms with E-state index in [9.17, 15) is 5.11 Å². The van der Waals surface area contributed by atoms with Gasteiger partial charge >= 0.3 is 0 Å². The Labute approximate surface area is 157 Å². The van der Waals surface area contributed by atoms with E-state index in [4.69, 9.17) is 23.4 Å². The van der Waals surface area contributed by atoms with Crippen LogP contribution in [0.25, 0.3) is 0 Å². The fraction of sp³-hybridized carbons (Fsp3) is 0.684. The standard InChI is InChI=1S/C19H32O6Si/c1-19(2,3)26(5,6)23-12-15(20)16-13-22-17(21-4)18(25-16)24-14-10-8-7-9-11-14/h7-11,15-18,20H,12-13H2,1-6H3/t15-,16+,17+,18+/m0/s1. The van der Waals surface area contributed by atoms with Gasteiger partial charge in [0.05, 0.1) is 13.2 Å². The van der Waals surface area contributed by atoms with E-state index in [1.165, 1.54) is 7.11 Å². The molecule has 1 fully saturated rings. The van der Waals surface area contributed by atoms with Gasteiger partial charge in [-0.3, -0.25) is 0 Å². The van der Waals surface area contributed by atoms with Crippen LogP contribution >= 0.6 is 0 Å². The number of aliphatic hydroxyl groups excluding tert-OH is 1. The topological polar surface area (TPSA) is 66.4 Å². The highest BCUT2D eigenvalue weighted by atomic mass is 28.4. The van der Waals surface area contributed by atoms with Gasteiger partial charge in [0.25, 0.3) is 6.29 Å². The van der Waals surface area contributed by atoms with Gasteiger partial charge in [-0.15, -0.1) is 0 Å². The van der Waals surface area contributed by atoms with Gasteiger partial charge in [0.2, 0.25) is 6.29 Å². The van der Waals surface area contributed by atoms with Crippen molar-refractivity contribution in [1.29, 1.82) is 0 Å². The third-order valence-electron chi connectivity index (χ3n) is 5.03. The molecule has 1 aromatic rings. The van der Waals surface area contributed by atoms with E-state index in [-0.39, 0.29) is 18.3 Å². The van der Waals surface area contributed by atoms with Crippen molar-refractivity contribution < 1.29 is 28.5 Å². The van der Waals surface area contributed by atoms with Crippen LogP contribution in [0.3, 0.4) is 0 Å². The van der Waals surface area contributed by atoms with E-state index in [1.807, 2.05) is 30.3 Å². The molecule has 0 spiro atoms. The van der Waals surface area contributed by atoms with Gasteiger partial charge in [0.1, 0.15) is 18.0 Å². The molecule has 1 N–H and O–H groups in total. The molecule has 4 atom stereocenters. The van der Waals surface area contributed by atoms with Gasteiger partial charge in [-0.05, 0) is 30.3 Å². The van der Waals surface area contributed by atoms with Gasteiger partial charge in [0.15, 0.2) is 8.32 Å². The molecule has 1 saturated heterocycles. The molecular formula is C19H32O6Si. The zero-order valence-corrected chi connectivity index (χ0v) is 17.6. The normalized spacial score (nSPS) is 25.7. The quantitative estimate of drug-likeness (QED) is 0.729. The summed E-state index contributed by atoms with van der Waals surface area (Å²) < 4.78 is 28.8. The van der Waals surface area contributed by atoms with Crippen molar-refractivity contribution in [2.45, 2.75) is 63.7 Å². The zero-order chi connectivity index (χ0) is 19.4. The molecule has 0 unspecified atom stereocenters. The first kappa shape index (κ1) is 21.3. The molecule has 0 aromatic heterocycles. The molecule has 0 amide bonds. The summed E-state index contributed by atoms with van der Waals surface area (Å²) in [5, 5.41) is 10.6. The molecule has 6 nitrogen and oxygen atoms in total. The lowest BCUT2D eigenvalue weighted by Crippen LogP contribution is -2.53. The highest BCUT2D eigenvalue weighted by Crippen LogP contribution is 2.36. The second-order valence-electron chi connectivity index (χ2n) is 8.05. The van der Waals surface area contributed by atoms with Crippen molar-refractivity contribution in [2.24, 2.45) is 0 Å². The number of aliphatic hydroxyl groups is 1. The Morgan fingerprint density at radius 1 is 1.19 bits per heavy atom. The van der Waals surface area contributed by atoms with Crippen molar-refractivity contribution in [3.8, 4) is 5.75 Å². The van der Waals surface area contributed by atoms with Gasteiger partial charge in [-0.25, -0.2) is 0 Å². The molecule has 148 valence electrons. The average molecular weight is 385 g/mol. The second kappa shape index (κ2) is 8.82. The molecule has 7 heteroatoms. The predicted molar refractivity (Wildman–Crippen MR) is 102 cm³/mol. The third kappa shape index (κ3) is 5.52. The number of ether oxygens (including phenoxy) is 4. The van der Waals surface area contributed by atoms with Gasteiger partial charge in [0, 0.05) is 7.11 Å². The van der Waals surface area contributed by atoms with E-state index >= 15 is 0 Å². The van der Waals surface area contributed by atoms with Crippen LogP contribution in [0.5, 0.6) is 5.75 Å². The van der Waals surface area contributed by atoms with Gasteiger partial charge in [-0.1, -0.05) is 39.0 Å². The van der Waals surface area contributed by atoms with E-state index in [2.05, 4.69) is 33.9 Å². The maximum atomic E-state index is 10.5. The summed E-state index contributed by atoms with van der Waals surface area (Å²) in [6, 6.07) is 9.32. The van der Waals surface area contributed by atoms with Gasteiger partial charge in [-0.2, -0.15) is 0 Å². The lowest BCUT2D eigenvalue weighted by Gasteiger charge is -2.39. The van der Waals surface area contributed by atoms with Crippen molar-refractivity contribution in [3.05, 3.63) is 30.3 Å². The number of hydrogen-bond acceptors (Lipinski definition) is 6. The Hall–Kier alpha value is -0.963. The van der Waals surface area contributed by atoms with Crippen LogP contribution in [0.2, 0.25) is 18.1 Å². The Balaban J connectivity index is 1.95. The van der Waals surface area contributed by atoms with Crippen molar-refractivity contribution in [1.82, 2.24) is 0 Å². The first-order valence-electron chi connectivity index (χ1n) is 8.97. The predicted octanol–water partition coefficient (Wildman–Crippen LogP) is 3.16. The lowest BCUT2D eigenvalue weighted by molar-refractivity contribution is -0.324. The Kier molecular flexibility index (Phi) is 7.24. The summed E-state index contributed by atoms with van der Waals surface area (Å²) >= 11 is 0. The zero-order valence-electron chi connectivity index (χ0n) is 16.6. The Bertz CT molecular complexity index is 545. The highest BCUT2D eigenvalue weighted by molar-refractivity contribution is 6.74. The Morgan fingerprint density at radius 2 is 1.85 bits per heavy atom. The molecule has 26 heavy (non-hydrogen) atoms. The average Bonchev–Trinajstić information content (AvgIpc) is 2.59. The molecule has 0 aliphatic carbocycles. The van der Waals surface area contributed by atoms with Crippen LogP contribution in [0.4, 0.5) is 0 Å². The SMILES string of the molecule is CO[C@@H]1OC[C@H]([C@@H](O)CO[Si](C)(C)C(C)(C)C)O[C@H]1Oc1ccccc1. The molecular weight excluding hydrogens is 352 g/mol. The molecule has 0 saturated carbocycles. The Morgan fingerprint density at radius 3 is 2.42 bits per heavy atom. The van der Waals surface area contributed by atoms with Crippen LogP contribution in [0.15, 0.2) is 30.3 Å². The highest BCUT2D eigenvalue weighted by Gasteiger charge is 2.40. The molecule has 0 bridgehead atoms. The first-order valence-corrected chi connectivity index (χ1v) is 11.9. The smallest absolute Gasteiger partial charge is 0.251 e. The molecule has 1 aliphatic rings. The second-order valence-corrected chi connectivity index (χ2v) is 12.9. The summed E-state index contributed by atoms with van der Waals surface area (Å²) in [5.74, 6) is 0.649. The van der Waals surface area contributed by atoms with Crippen LogP contribution in [-0.2, 0) is 18.6 Å². The number of para-hydroxylation sites is 1. The minimum absolute atomic E-state index is 0.0801. The monoisotopic (exact) mass is 384 g/mol. The van der Waals surface area contributed by atoms with E-state index in [1.54, 1.807) is 0 Å². The van der Waals surface area contributed by atoms with E-state index in [0.29, 0.717) is 5.75 Å². The minimum atomic E-state index is -1.94. The largest absolute Gasteiger partial charge is 0.459 e. The number of rotatable bonds is 7. The summed E-state index contributed by atoms with van der Waals surface area (Å²) in [5.41, 5.74) is 0. The molecule has 0 radical (unpaired) electrons. The fourth-order valence-electron chi connectivity index (χ4n) is 2.26. The summed E-state index contributed by atoms with van der Waals surface area (Å²) in [4.78, 5) is 0. The van der Waals surface area contributed by atoms with Gasteiger partial charge < -0.3 is 28.5 Å². The number of benzene rings is 1. The number of hydrogen-bond donors (Lipinski definition) is 1. The van der Waals surface area contributed by atoms with Crippen molar-refractivity contribution in [2.75, 3.05) is 20.3 Å². The third-order valence-corrected chi connectivity index (χ3v) is 9.53. The fourth-order valence-corrected chi connectivity index (χ4v) is 3.28. The molecule has 1 heterocycles.